The van der Waals surface area contributed by atoms with Gasteiger partial charge in [-0.3, -0.25) is 0 Å². The minimum atomic E-state index is 0.650. The predicted octanol–water partition coefficient (Wildman–Crippen LogP) is 1.96. The van der Waals surface area contributed by atoms with Crippen LogP contribution >= 0.6 is 0 Å². The fourth-order valence-corrected chi connectivity index (χ4v) is 2.26. The van der Waals surface area contributed by atoms with Crippen LogP contribution in [0.1, 0.15) is 5.69 Å². The van der Waals surface area contributed by atoms with Gasteiger partial charge in [-0.1, -0.05) is 17.3 Å². The molecule has 0 saturated heterocycles. The number of aromatic nitrogens is 3. The van der Waals surface area contributed by atoms with Crippen LogP contribution in [0, 0.1) is 0 Å². The number of imidazole rings is 1. The number of nitrogens with one attached hydrogen (secondary N) is 1. The zero-order chi connectivity index (χ0) is 14.7. The molecule has 3 rings (SSSR count). The molecule has 6 nitrogen and oxygen atoms in total. The van der Waals surface area contributed by atoms with Crippen molar-refractivity contribution in [1.82, 2.24) is 20.0 Å². The zero-order valence-electron chi connectivity index (χ0n) is 12.2. The lowest BCUT2D eigenvalue weighted by atomic mass is 10.3. The van der Waals surface area contributed by atoms with Crippen molar-refractivity contribution in [3.63, 3.8) is 0 Å². The number of fused-ring (bicyclic) bond motifs is 1. The second-order valence-corrected chi connectivity index (χ2v) is 4.84. The van der Waals surface area contributed by atoms with Crippen LogP contribution < -0.4 is 5.32 Å². The van der Waals surface area contributed by atoms with E-state index in [2.05, 4.69) is 15.5 Å². The van der Waals surface area contributed by atoms with E-state index >= 15 is 0 Å². The molecule has 0 radical (unpaired) electrons. The molecule has 0 spiro atoms. The highest BCUT2D eigenvalue weighted by Gasteiger charge is 2.14. The van der Waals surface area contributed by atoms with Crippen molar-refractivity contribution in [2.24, 2.45) is 7.05 Å². The van der Waals surface area contributed by atoms with Gasteiger partial charge < -0.3 is 19.1 Å². The van der Waals surface area contributed by atoms with E-state index < -0.39 is 0 Å². The van der Waals surface area contributed by atoms with Crippen molar-refractivity contribution in [3.8, 4) is 11.6 Å². The summed E-state index contributed by atoms with van der Waals surface area (Å²) in [6.07, 6.45) is 0. The summed E-state index contributed by atoms with van der Waals surface area (Å²) in [5.74, 6) is 1.46. The summed E-state index contributed by atoms with van der Waals surface area (Å²) in [7, 11) is 3.66. The van der Waals surface area contributed by atoms with Crippen molar-refractivity contribution in [1.29, 1.82) is 0 Å². The van der Waals surface area contributed by atoms with Crippen LogP contribution in [0.5, 0.6) is 0 Å². The summed E-state index contributed by atoms with van der Waals surface area (Å²) in [4.78, 5) is 4.59. The van der Waals surface area contributed by atoms with Gasteiger partial charge in [-0.05, 0) is 12.1 Å². The summed E-state index contributed by atoms with van der Waals surface area (Å²) in [6.45, 7) is 2.11. The Morgan fingerprint density at radius 3 is 3.00 bits per heavy atom. The Morgan fingerprint density at radius 1 is 1.33 bits per heavy atom. The largest absolute Gasteiger partial charge is 0.383 e. The number of methoxy groups -OCH3 is 1. The van der Waals surface area contributed by atoms with Crippen LogP contribution in [0.3, 0.4) is 0 Å². The predicted molar refractivity (Wildman–Crippen MR) is 79.8 cm³/mol. The van der Waals surface area contributed by atoms with E-state index in [9.17, 15) is 0 Å². The summed E-state index contributed by atoms with van der Waals surface area (Å²) < 4.78 is 12.4. The second kappa shape index (κ2) is 6.07. The van der Waals surface area contributed by atoms with Crippen LogP contribution in [-0.2, 0) is 18.3 Å². The van der Waals surface area contributed by atoms with Crippen molar-refractivity contribution >= 4 is 11.0 Å². The molecule has 0 atom stereocenters. The lowest BCUT2D eigenvalue weighted by Crippen LogP contribution is -2.18. The molecule has 3 aromatic rings. The van der Waals surface area contributed by atoms with E-state index in [0.717, 1.165) is 29.1 Å². The Hall–Kier alpha value is -2.18. The van der Waals surface area contributed by atoms with Gasteiger partial charge in [0, 0.05) is 33.3 Å². The van der Waals surface area contributed by atoms with Crippen LogP contribution in [0.4, 0.5) is 0 Å². The monoisotopic (exact) mass is 286 g/mol. The maximum Gasteiger partial charge on any atom is 0.202 e. The van der Waals surface area contributed by atoms with Gasteiger partial charge in [0.25, 0.3) is 0 Å². The molecular formula is C15H18N4O2. The quantitative estimate of drug-likeness (QED) is 0.702. The molecule has 0 saturated carbocycles. The number of hydrogen-bond donors (Lipinski definition) is 1. The van der Waals surface area contributed by atoms with Gasteiger partial charge in [0.2, 0.25) is 5.76 Å². The Bertz CT molecular complexity index is 732. The average Bonchev–Trinajstić information content (AvgIpc) is 3.09. The van der Waals surface area contributed by atoms with Gasteiger partial charge >= 0.3 is 0 Å². The van der Waals surface area contributed by atoms with E-state index in [-0.39, 0.29) is 0 Å². The highest BCUT2D eigenvalue weighted by molar-refractivity contribution is 5.79. The first kappa shape index (κ1) is 13.8. The van der Waals surface area contributed by atoms with E-state index in [0.29, 0.717) is 18.9 Å². The molecule has 0 unspecified atom stereocenters. The Kier molecular flexibility index (Phi) is 3.98. The van der Waals surface area contributed by atoms with Crippen LogP contribution in [0.25, 0.3) is 22.6 Å². The highest BCUT2D eigenvalue weighted by atomic mass is 16.5. The topological polar surface area (TPSA) is 65.1 Å². The molecule has 0 aliphatic carbocycles. The van der Waals surface area contributed by atoms with Gasteiger partial charge in [0.05, 0.1) is 23.3 Å². The lowest BCUT2D eigenvalue weighted by Gasteiger charge is -1.99. The van der Waals surface area contributed by atoms with Crippen molar-refractivity contribution in [2.45, 2.75) is 6.54 Å². The van der Waals surface area contributed by atoms with Crippen molar-refractivity contribution < 1.29 is 9.26 Å². The normalized spacial score (nSPS) is 11.3. The number of ether oxygens (including phenoxy) is 1. The maximum absolute atomic E-state index is 5.41. The first-order valence-corrected chi connectivity index (χ1v) is 6.86. The van der Waals surface area contributed by atoms with Gasteiger partial charge in [-0.25, -0.2) is 4.98 Å². The molecular weight excluding hydrogens is 268 g/mol. The van der Waals surface area contributed by atoms with Gasteiger partial charge in [-0.15, -0.1) is 0 Å². The molecule has 0 amide bonds. The molecule has 2 aromatic heterocycles. The third-order valence-electron chi connectivity index (χ3n) is 3.36. The minimum Gasteiger partial charge on any atom is -0.383 e. The van der Waals surface area contributed by atoms with Crippen LogP contribution in [-0.4, -0.2) is 35.0 Å². The van der Waals surface area contributed by atoms with Crippen LogP contribution in [0.15, 0.2) is 34.9 Å². The molecule has 0 aliphatic heterocycles. The minimum absolute atomic E-state index is 0.650. The third-order valence-corrected chi connectivity index (χ3v) is 3.36. The summed E-state index contributed by atoms with van der Waals surface area (Å²) in [5.41, 5.74) is 2.88. The second-order valence-electron chi connectivity index (χ2n) is 4.84. The number of rotatable bonds is 6. The van der Waals surface area contributed by atoms with E-state index in [1.54, 1.807) is 7.11 Å². The fraction of sp³-hybridized carbons (Fsp3) is 0.333. The molecule has 110 valence electrons. The number of aryl methyl sites for hydroxylation is 1. The number of benzene rings is 1. The highest BCUT2D eigenvalue weighted by Crippen LogP contribution is 2.23. The standard InChI is InChI=1S/C15H18N4O2/c1-19-13-6-4-3-5-12(13)17-15(19)14-9-11(18-21-14)10-16-7-8-20-2/h3-6,9,16H,7-8,10H2,1-2H3. The number of hydrogen-bond acceptors (Lipinski definition) is 5. The molecule has 0 bridgehead atoms. The van der Waals surface area contributed by atoms with Gasteiger partial charge in [0.15, 0.2) is 5.82 Å². The van der Waals surface area contributed by atoms with Crippen molar-refractivity contribution in [3.05, 3.63) is 36.0 Å². The fourth-order valence-electron chi connectivity index (χ4n) is 2.26. The first-order chi connectivity index (χ1) is 10.3. The zero-order valence-corrected chi connectivity index (χ0v) is 12.2. The number of para-hydroxylation sites is 2. The smallest absolute Gasteiger partial charge is 0.202 e. The van der Waals surface area contributed by atoms with Gasteiger partial charge in [0.1, 0.15) is 0 Å². The average molecular weight is 286 g/mol. The summed E-state index contributed by atoms with van der Waals surface area (Å²) in [6, 6.07) is 9.92. The molecule has 6 heteroatoms. The molecule has 2 heterocycles. The maximum atomic E-state index is 5.41. The van der Waals surface area contributed by atoms with E-state index in [4.69, 9.17) is 9.26 Å². The third kappa shape index (κ3) is 2.81. The van der Waals surface area contributed by atoms with E-state index in [1.807, 2.05) is 41.9 Å². The molecule has 0 fully saturated rings. The number of nitrogens with zero attached hydrogens (tertiary/aromatic N) is 3. The Balaban J connectivity index is 1.80. The van der Waals surface area contributed by atoms with E-state index in [1.165, 1.54) is 0 Å². The summed E-state index contributed by atoms with van der Waals surface area (Å²) in [5, 5.41) is 7.30. The SMILES string of the molecule is COCCNCc1cc(-c2nc3ccccc3n2C)on1. The molecule has 1 N–H and O–H groups in total. The molecule has 1 aromatic carbocycles. The Morgan fingerprint density at radius 2 is 2.19 bits per heavy atom. The molecule has 0 aliphatic rings. The molecule has 21 heavy (non-hydrogen) atoms. The lowest BCUT2D eigenvalue weighted by molar-refractivity contribution is 0.199. The van der Waals surface area contributed by atoms with Crippen LogP contribution in [0.2, 0.25) is 0 Å². The van der Waals surface area contributed by atoms with Gasteiger partial charge in [-0.2, -0.15) is 0 Å². The first-order valence-electron chi connectivity index (χ1n) is 6.86. The summed E-state index contributed by atoms with van der Waals surface area (Å²) >= 11 is 0. The van der Waals surface area contributed by atoms with Crippen molar-refractivity contribution in [2.75, 3.05) is 20.3 Å². The Labute approximate surface area is 122 Å².